The predicted molar refractivity (Wildman–Crippen MR) is 85.8 cm³/mol. The Bertz CT molecular complexity index is 498. The molecule has 0 spiro atoms. The molecule has 3 rings (SSSR count). The van der Waals surface area contributed by atoms with E-state index in [9.17, 15) is 0 Å². The molecule has 0 bridgehead atoms. The standard InChI is InChI=1S/C18H27NO3/c1-3-10-20-14-18-8-4-11-21-17(18)7-9-19(13-18)12-16-6-5-15(2)22-16/h3,5-6,17H,1,4,7-14H2,2H3. The summed E-state index contributed by atoms with van der Waals surface area (Å²) in [6.07, 6.45) is 5.55. The van der Waals surface area contributed by atoms with Gasteiger partial charge in [0, 0.05) is 25.1 Å². The zero-order valence-corrected chi connectivity index (χ0v) is 13.6. The van der Waals surface area contributed by atoms with Gasteiger partial charge in [-0.15, -0.1) is 6.58 Å². The Morgan fingerprint density at radius 3 is 3.18 bits per heavy atom. The van der Waals surface area contributed by atoms with Gasteiger partial charge in [-0.05, 0) is 38.3 Å². The Morgan fingerprint density at radius 2 is 2.41 bits per heavy atom. The highest BCUT2D eigenvalue weighted by molar-refractivity contribution is 5.06. The van der Waals surface area contributed by atoms with Crippen LogP contribution in [0.5, 0.6) is 0 Å². The van der Waals surface area contributed by atoms with Crippen molar-refractivity contribution in [1.82, 2.24) is 4.90 Å². The number of piperidine rings is 1. The van der Waals surface area contributed by atoms with Crippen LogP contribution in [0.1, 0.15) is 30.8 Å². The molecule has 0 saturated carbocycles. The zero-order chi connectivity index (χ0) is 15.4. The number of aryl methyl sites for hydroxylation is 1. The van der Waals surface area contributed by atoms with Gasteiger partial charge >= 0.3 is 0 Å². The molecule has 2 fully saturated rings. The first kappa shape index (κ1) is 15.8. The first-order valence-corrected chi connectivity index (χ1v) is 8.30. The molecule has 0 radical (unpaired) electrons. The van der Waals surface area contributed by atoms with Gasteiger partial charge in [0.2, 0.25) is 0 Å². The van der Waals surface area contributed by atoms with Gasteiger partial charge in [-0.1, -0.05) is 6.08 Å². The molecule has 2 aliphatic heterocycles. The maximum absolute atomic E-state index is 6.06. The monoisotopic (exact) mass is 305 g/mol. The number of fused-ring (bicyclic) bond motifs is 1. The van der Waals surface area contributed by atoms with Crippen LogP contribution in [0.2, 0.25) is 0 Å². The van der Waals surface area contributed by atoms with Crippen LogP contribution >= 0.6 is 0 Å². The van der Waals surface area contributed by atoms with E-state index in [1.54, 1.807) is 0 Å². The number of hydrogen-bond acceptors (Lipinski definition) is 4. The molecule has 4 heteroatoms. The number of likely N-dealkylation sites (tertiary alicyclic amines) is 1. The highest BCUT2D eigenvalue weighted by Crippen LogP contribution is 2.40. The lowest BCUT2D eigenvalue weighted by molar-refractivity contribution is -0.152. The minimum atomic E-state index is 0.126. The number of nitrogens with zero attached hydrogens (tertiary/aromatic N) is 1. The van der Waals surface area contributed by atoms with Crippen molar-refractivity contribution in [2.45, 2.75) is 38.8 Å². The number of rotatable bonds is 6. The summed E-state index contributed by atoms with van der Waals surface area (Å²) >= 11 is 0. The molecule has 2 atom stereocenters. The molecule has 2 aliphatic rings. The summed E-state index contributed by atoms with van der Waals surface area (Å²) in [6, 6.07) is 4.12. The third kappa shape index (κ3) is 3.45. The maximum Gasteiger partial charge on any atom is 0.118 e. The maximum atomic E-state index is 6.06. The number of furan rings is 1. The van der Waals surface area contributed by atoms with Gasteiger partial charge in [-0.2, -0.15) is 0 Å². The summed E-state index contributed by atoms with van der Waals surface area (Å²) in [5.41, 5.74) is 0.126. The molecule has 0 N–H and O–H groups in total. The van der Waals surface area contributed by atoms with E-state index < -0.39 is 0 Å². The fourth-order valence-electron chi connectivity index (χ4n) is 3.86. The Morgan fingerprint density at radius 1 is 1.50 bits per heavy atom. The molecule has 1 aromatic heterocycles. The molecule has 4 nitrogen and oxygen atoms in total. The molecule has 3 heterocycles. The van der Waals surface area contributed by atoms with Gasteiger partial charge in [0.15, 0.2) is 0 Å². The third-order valence-electron chi connectivity index (χ3n) is 4.87. The van der Waals surface area contributed by atoms with Crippen molar-refractivity contribution in [2.24, 2.45) is 5.41 Å². The molecule has 0 aromatic carbocycles. The third-order valence-corrected chi connectivity index (χ3v) is 4.87. The summed E-state index contributed by atoms with van der Waals surface area (Å²) in [5, 5.41) is 0. The second kappa shape index (κ2) is 6.99. The Balaban J connectivity index is 1.66. The van der Waals surface area contributed by atoms with Gasteiger partial charge in [-0.25, -0.2) is 0 Å². The van der Waals surface area contributed by atoms with E-state index in [4.69, 9.17) is 13.9 Å². The molecule has 0 amide bonds. The molecule has 2 unspecified atom stereocenters. The minimum Gasteiger partial charge on any atom is -0.465 e. The van der Waals surface area contributed by atoms with Crippen LogP contribution in [0.3, 0.4) is 0 Å². The normalized spacial score (nSPS) is 29.2. The van der Waals surface area contributed by atoms with Crippen molar-refractivity contribution in [3.8, 4) is 0 Å². The lowest BCUT2D eigenvalue weighted by Gasteiger charge is -2.50. The van der Waals surface area contributed by atoms with Gasteiger partial charge in [0.25, 0.3) is 0 Å². The van der Waals surface area contributed by atoms with Gasteiger partial charge < -0.3 is 13.9 Å². The van der Waals surface area contributed by atoms with E-state index in [0.29, 0.717) is 12.7 Å². The highest BCUT2D eigenvalue weighted by Gasteiger charge is 2.46. The highest BCUT2D eigenvalue weighted by atomic mass is 16.5. The summed E-state index contributed by atoms with van der Waals surface area (Å²) in [6.45, 7) is 11.0. The molecule has 22 heavy (non-hydrogen) atoms. The van der Waals surface area contributed by atoms with Crippen LogP contribution in [0.25, 0.3) is 0 Å². The van der Waals surface area contributed by atoms with E-state index in [1.165, 1.54) is 6.42 Å². The van der Waals surface area contributed by atoms with Crippen molar-refractivity contribution in [2.75, 3.05) is 32.9 Å². The molecule has 0 aliphatic carbocycles. The van der Waals surface area contributed by atoms with Crippen molar-refractivity contribution >= 4 is 0 Å². The molecular formula is C18H27NO3. The lowest BCUT2D eigenvalue weighted by Crippen LogP contribution is -2.56. The Hall–Kier alpha value is -1.10. The van der Waals surface area contributed by atoms with E-state index in [0.717, 1.165) is 57.2 Å². The Labute approximate surface area is 133 Å². The number of hydrogen-bond donors (Lipinski definition) is 0. The number of ether oxygens (including phenoxy) is 2. The largest absolute Gasteiger partial charge is 0.465 e. The fraction of sp³-hybridized carbons (Fsp3) is 0.667. The van der Waals surface area contributed by atoms with Crippen LogP contribution in [0.15, 0.2) is 29.2 Å². The summed E-state index contributed by atoms with van der Waals surface area (Å²) in [4.78, 5) is 2.49. The van der Waals surface area contributed by atoms with Crippen molar-refractivity contribution in [1.29, 1.82) is 0 Å². The quantitative estimate of drug-likeness (QED) is 0.597. The average molecular weight is 305 g/mol. The van der Waals surface area contributed by atoms with Crippen LogP contribution < -0.4 is 0 Å². The zero-order valence-electron chi connectivity index (χ0n) is 13.6. The first-order chi connectivity index (χ1) is 10.7. The van der Waals surface area contributed by atoms with Crippen LogP contribution in [0.4, 0.5) is 0 Å². The second-order valence-corrected chi connectivity index (χ2v) is 6.64. The molecule has 122 valence electrons. The Kier molecular flexibility index (Phi) is 5.01. The first-order valence-electron chi connectivity index (χ1n) is 8.30. The van der Waals surface area contributed by atoms with Crippen LogP contribution in [0, 0.1) is 12.3 Å². The second-order valence-electron chi connectivity index (χ2n) is 6.64. The van der Waals surface area contributed by atoms with Crippen molar-refractivity contribution < 1.29 is 13.9 Å². The molecular weight excluding hydrogens is 278 g/mol. The van der Waals surface area contributed by atoms with Gasteiger partial charge in [0.05, 0.1) is 25.9 Å². The van der Waals surface area contributed by atoms with Crippen LogP contribution in [-0.4, -0.2) is 43.9 Å². The van der Waals surface area contributed by atoms with E-state index in [1.807, 2.05) is 19.1 Å². The topological polar surface area (TPSA) is 34.8 Å². The van der Waals surface area contributed by atoms with E-state index in [2.05, 4.69) is 17.5 Å². The van der Waals surface area contributed by atoms with Gasteiger partial charge in [-0.3, -0.25) is 4.90 Å². The summed E-state index contributed by atoms with van der Waals surface area (Å²) in [7, 11) is 0. The fourth-order valence-corrected chi connectivity index (χ4v) is 3.86. The smallest absolute Gasteiger partial charge is 0.118 e. The molecule has 1 aromatic rings. The average Bonchev–Trinajstić information content (AvgIpc) is 2.92. The van der Waals surface area contributed by atoms with E-state index in [-0.39, 0.29) is 5.41 Å². The summed E-state index contributed by atoms with van der Waals surface area (Å²) in [5.74, 6) is 2.03. The van der Waals surface area contributed by atoms with Gasteiger partial charge in [0.1, 0.15) is 11.5 Å². The lowest BCUT2D eigenvalue weighted by atomic mass is 9.73. The SMILES string of the molecule is C=CCOCC12CCCOC1CCN(Cc1ccc(C)o1)C2. The minimum absolute atomic E-state index is 0.126. The van der Waals surface area contributed by atoms with Crippen molar-refractivity contribution in [3.05, 3.63) is 36.3 Å². The van der Waals surface area contributed by atoms with Crippen molar-refractivity contribution in [3.63, 3.8) is 0 Å². The van der Waals surface area contributed by atoms with E-state index >= 15 is 0 Å². The predicted octanol–water partition coefficient (Wildman–Crippen LogP) is 3.16. The summed E-state index contributed by atoms with van der Waals surface area (Å²) < 4.78 is 17.6. The van der Waals surface area contributed by atoms with Crippen LogP contribution in [-0.2, 0) is 16.0 Å². The molecule has 2 saturated heterocycles.